The van der Waals surface area contributed by atoms with Crippen molar-refractivity contribution in [3.8, 4) is 5.75 Å². The fraction of sp³-hybridized carbons (Fsp3) is 0.182. The second-order valence-corrected chi connectivity index (χ2v) is 2.87. The van der Waals surface area contributed by atoms with E-state index in [0.717, 1.165) is 5.75 Å². The fourth-order valence-corrected chi connectivity index (χ4v) is 1.21. The lowest BCUT2D eigenvalue weighted by molar-refractivity contribution is 0.257. The molecule has 0 aliphatic carbocycles. The topological polar surface area (TPSA) is 21.6 Å². The summed E-state index contributed by atoms with van der Waals surface area (Å²) in [4.78, 5) is 4.12. The van der Waals surface area contributed by atoms with Crippen LogP contribution in [0.25, 0.3) is 0 Å². The van der Waals surface area contributed by atoms with Crippen molar-refractivity contribution in [3.63, 3.8) is 0 Å². The zero-order valence-electron chi connectivity index (χ0n) is 7.26. The molecule has 1 aliphatic rings. The van der Waals surface area contributed by atoms with E-state index < -0.39 is 0 Å². The molecule has 2 nitrogen and oxygen atoms in total. The Bertz CT molecular complexity index is 316. The Morgan fingerprint density at radius 3 is 2.77 bits per heavy atom. The van der Waals surface area contributed by atoms with Gasteiger partial charge in [-0.25, -0.2) is 0 Å². The maximum Gasteiger partial charge on any atom is 0.137 e. The second-order valence-electron chi connectivity index (χ2n) is 2.87. The van der Waals surface area contributed by atoms with Gasteiger partial charge in [0.15, 0.2) is 0 Å². The summed E-state index contributed by atoms with van der Waals surface area (Å²) in [6.07, 6.45) is 5.81. The SMILES string of the molecule is C1=CC(Oc2ccccc2)CN=C1. The summed E-state index contributed by atoms with van der Waals surface area (Å²) in [7, 11) is 0. The predicted molar refractivity (Wildman–Crippen MR) is 53.4 cm³/mol. The Labute approximate surface area is 77.6 Å². The molecule has 0 aromatic heterocycles. The third kappa shape index (κ3) is 2.18. The van der Waals surface area contributed by atoms with E-state index in [4.69, 9.17) is 4.74 Å². The molecule has 0 saturated heterocycles. The maximum atomic E-state index is 5.65. The predicted octanol–water partition coefficient (Wildman–Crippen LogP) is 2.07. The Morgan fingerprint density at radius 2 is 2.08 bits per heavy atom. The van der Waals surface area contributed by atoms with Crippen LogP contribution in [0.1, 0.15) is 0 Å². The van der Waals surface area contributed by atoms with Gasteiger partial charge >= 0.3 is 0 Å². The first-order valence-corrected chi connectivity index (χ1v) is 4.33. The molecule has 0 bridgehead atoms. The minimum absolute atomic E-state index is 0.0902. The number of ether oxygens (including phenoxy) is 1. The van der Waals surface area contributed by atoms with Crippen molar-refractivity contribution in [2.75, 3.05) is 6.54 Å². The highest BCUT2D eigenvalue weighted by Gasteiger charge is 2.06. The van der Waals surface area contributed by atoms with Crippen molar-refractivity contribution in [3.05, 3.63) is 42.5 Å². The van der Waals surface area contributed by atoms with Crippen molar-refractivity contribution in [2.24, 2.45) is 4.99 Å². The first-order chi connectivity index (χ1) is 6.45. The molecule has 0 fully saturated rings. The minimum Gasteiger partial charge on any atom is -0.484 e. The monoisotopic (exact) mass is 173 g/mol. The average Bonchev–Trinajstić information content (AvgIpc) is 2.21. The molecule has 13 heavy (non-hydrogen) atoms. The number of benzene rings is 1. The highest BCUT2D eigenvalue weighted by Crippen LogP contribution is 2.12. The Morgan fingerprint density at radius 1 is 1.23 bits per heavy atom. The molecule has 2 heteroatoms. The van der Waals surface area contributed by atoms with E-state index >= 15 is 0 Å². The molecule has 0 amide bonds. The van der Waals surface area contributed by atoms with Gasteiger partial charge in [-0.2, -0.15) is 0 Å². The van der Waals surface area contributed by atoms with Gasteiger partial charge in [-0.15, -0.1) is 0 Å². The molecular formula is C11H11NO. The van der Waals surface area contributed by atoms with Gasteiger partial charge in [0.05, 0.1) is 6.54 Å². The normalized spacial score (nSPS) is 20.2. The Hall–Kier alpha value is -1.57. The summed E-state index contributed by atoms with van der Waals surface area (Å²) in [5, 5.41) is 0. The van der Waals surface area contributed by atoms with Crippen molar-refractivity contribution >= 4 is 6.21 Å². The van der Waals surface area contributed by atoms with Crippen LogP contribution in [0.5, 0.6) is 5.75 Å². The number of rotatable bonds is 2. The van der Waals surface area contributed by atoms with E-state index in [0.29, 0.717) is 6.54 Å². The lowest BCUT2D eigenvalue weighted by atomic mass is 10.2. The Kier molecular flexibility index (Phi) is 2.41. The standard InChI is InChI=1S/C11H11NO/c1-2-5-10(6-3-1)13-11-7-4-8-12-9-11/h1-8,11H,9H2. The molecule has 1 aromatic rings. The maximum absolute atomic E-state index is 5.65. The van der Waals surface area contributed by atoms with Crippen LogP contribution in [-0.4, -0.2) is 18.9 Å². The number of allylic oxidation sites excluding steroid dienone is 1. The van der Waals surface area contributed by atoms with E-state index in [1.165, 1.54) is 0 Å². The van der Waals surface area contributed by atoms with Gasteiger partial charge in [0.25, 0.3) is 0 Å². The highest BCUT2D eigenvalue weighted by atomic mass is 16.5. The van der Waals surface area contributed by atoms with E-state index in [1.54, 1.807) is 6.21 Å². The average molecular weight is 173 g/mol. The summed E-state index contributed by atoms with van der Waals surface area (Å²) >= 11 is 0. The molecule has 0 N–H and O–H groups in total. The second kappa shape index (κ2) is 3.90. The number of hydrogen-bond acceptors (Lipinski definition) is 2. The van der Waals surface area contributed by atoms with Crippen LogP contribution in [0.3, 0.4) is 0 Å². The summed E-state index contributed by atoms with van der Waals surface area (Å²) < 4.78 is 5.65. The molecule has 66 valence electrons. The zero-order chi connectivity index (χ0) is 8.93. The van der Waals surface area contributed by atoms with E-state index in [-0.39, 0.29) is 6.10 Å². The molecule has 0 spiro atoms. The zero-order valence-corrected chi connectivity index (χ0v) is 7.26. The number of para-hydroxylation sites is 1. The minimum atomic E-state index is 0.0902. The molecule has 0 saturated carbocycles. The van der Waals surface area contributed by atoms with Crippen LogP contribution in [0.4, 0.5) is 0 Å². The quantitative estimate of drug-likeness (QED) is 0.671. The largest absolute Gasteiger partial charge is 0.484 e. The molecule has 2 rings (SSSR count). The van der Waals surface area contributed by atoms with Crippen LogP contribution in [0, 0.1) is 0 Å². The van der Waals surface area contributed by atoms with Crippen molar-refractivity contribution in [1.82, 2.24) is 0 Å². The van der Waals surface area contributed by atoms with Crippen LogP contribution in [0.2, 0.25) is 0 Å². The lowest BCUT2D eigenvalue weighted by Gasteiger charge is -2.14. The van der Waals surface area contributed by atoms with Gasteiger partial charge in [-0.1, -0.05) is 18.2 Å². The highest BCUT2D eigenvalue weighted by molar-refractivity contribution is 5.72. The number of dihydropyridines is 1. The van der Waals surface area contributed by atoms with Gasteiger partial charge in [0.1, 0.15) is 11.9 Å². The van der Waals surface area contributed by atoms with Gasteiger partial charge in [-0.3, -0.25) is 4.99 Å². The first-order valence-electron chi connectivity index (χ1n) is 4.33. The van der Waals surface area contributed by atoms with Crippen molar-refractivity contribution < 1.29 is 4.74 Å². The number of nitrogens with zero attached hydrogens (tertiary/aromatic N) is 1. The van der Waals surface area contributed by atoms with Crippen LogP contribution in [0.15, 0.2) is 47.5 Å². The Balaban J connectivity index is 1.99. The van der Waals surface area contributed by atoms with Gasteiger partial charge in [-0.05, 0) is 24.3 Å². The molecule has 1 aliphatic heterocycles. The molecule has 1 aromatic carbocycles. The number of aliphatic imine (C=N–C) groups is 1. The van der Waals surface area contributed by atoms with E-state index in [9.17, 15) is 0 Å². The summed E-state index contributed by atoms with van der Waals surface area (Å²) in [5.41, 5.74) is 0. The van der Waals surface area contributed by atoms with E-state index in [1.807, 2.05) is 42.5 Å². The molecule has 0 radical (unpaired) electrons. The van der Waals surface area contributed by atoms with E-state index in [2.05, 4.69) is 4.99 Å². The first kappa shape index (κ1) is 8.05. The van der Waals surface area contributed by atoms with Crippen LogP contribution >= 0.6 is 0 Å². The molecule has 1 heterocycles. The van der Waals surface area contributed by atoms with Gasteiger partial charge in [0.2, 0.25) is 0 Å². The van der Waals surface area contributed by atoms with Crippen molar-refractivity contribution in [2.45, 2.75) is 6.10 Å². The fourth-order valence-electron chi connectivity index (χ4n) is 1.21. The van der Waals surface area contributed by atoms with Crippen LogP contribution < -0.4 is 4.74 Å². The number of hydrogen-bond donors (Lipinski definition) is 0. The molecular weight excluding hydrogens is 162 g/mol. The van der Waals surface area contributed by atoms with Gasteiger partial charge in [0, 0.05) is 6.21 Å². The summed E-state index contributed by atoms with van der Waals surface area (Å²) in [6.45, 7) is 0.714. The smallest absolute Gasteiger partial charge is 0.137 e. The molecule has 1 atom stereocenters. The molecule has 1 unspecified atom stereocenters. The lowest BCUT2D eigenvalue weighted by Crippen LogP contribution is -2.19. The third-order valence-electron chi connectivity index (χ3n) is 1.83. The summed E-state index contributed by atoms with van der Waals surface area (Å²) in [6, 6.07) is 9.80. The van der Waals surface area contributed by atoms with Crippen molar-refractivity contribution in [1.29, 1.82) is 0 Å². The van der Waals surface area contributed by atoms with Gasteiger partial charge < -0.3 is 4.74 Å². The third-order valence-corrected chi connectivity index (χ3v) is 1.83. The summed E-state index contributed by atoms with van der Waals surface area (Å²) in [5.74, 6) is 0.897. The van der Waals surface area contributed by atoms with Crippen LogP contribution in [-0.2, 0) is 0 Å².